The summed E-state index contributed by atoms with van der Waals surface area (Å²) in [5.74, 6) is -0.724. The molecule has 0 aliphatic rings. The standard InChI is InChI=1S/C6H5F2O6PS/c7-15(9,10)13-5-1-3-6(4-2-5)14-16(8,11)12/h1-4H,(H,9,10). The smallest absolute Gasteiger partial charge is 0.401 e. The summed E-state index contributed by atoms with van der Waals surface area (Å²) >= 11 is 0. The molecule has 0 heterocycles. The lowest BCUT2D eigenvalue weighted by molar-refractivity contribution is 0.330. The van der Waals surface area contributed by atoms with Crippen molar-refractivity contribution in [1.82, 2.24) is 0 Å². The van der Waals surface area contributed by atoms with E-state index in [0.717, 1.165) is 24.3 Å². The van der Waals surface area contributed by atoms with Crippen molar-refractivity contribution in [2.24, 2.45) is 0 Å². The highest BCUT2D eigenvalue weighted by molar-refractivity contribution is 7.81. The second kappa shape index (κ2) is 4.36. The van der Waals surface area contributed by atoms with Crippen LogP contribution in [-0.2, 0) is 15.1 Å². The van der Waals surface area contributed by atoms with Crippen LogP contribution in [0.2, 0.25) is 0 Å². The quantitative estimate of drug-likeness (QED) is 0.664. The molecule has 0 aliphatic heterocycles. The summed E-state index contributed by atoms with van der Waals surface area (Å²) in [6.07, 6.45) is 0. The van der Waals surface area contributed by atoms with E-state index in [4.69, 9.17) is 4.89 Å². The Morgan fingerprint density at radius 1 is 1.19 bits per heavy atom. The Kier molecular flexibility index (Phi) is 3.51. The molecule has 0 amide bonds. The third kappa shape index (κ3) is 5.06. The third-order valence-electron chi connectivity index (χ3n) is 1.24. The van der Waals surface area contributed by atoms with Gasteiger partial charge in [-0.1, -0.05) is 3.89 Å². The maximum Gasteiger partial charge on any atom is 0.567 e. The van der Waals surface area contributed by atoms with Crippen molar-refractivity contribution in [3.8, 4) is 11.5 Å². The van der Waals surface area contributed by atoms with Crippen molar-refractivity contribution in [2.45, 2.75) is 0 Å². The van der Waals surface area contributed by atoms with Crippen molar-refractivity contribution >= 4 is 18.4 Å². The zero-order valence-electron chi connectivity index (χ0n) is 7.41. The van der Waals surface area contributed by atoms with E-state index in [1.807, 2.05) is 0 Å². The Hall–Kier alpha value is -1.18. The van der Waals surface area contributed by atoms with Gasteiger partial charge in [0, 0.05) is 0 Å². The molecule has 0 bridgehead atoms. The third-order valence-corrected chi connectivity index (χ3v) is 2.07. The van der Waals surface area contributed by atoms with E-state index in [0.29, 0.717) is 0 Å². The molecule has 0 aromatic heterocycles. The molecule has 90 valence electrons. The van der Waals surface area contributed by atoms with Crippen LogP contribution < -0.4 is 8.71 Å². The molecule has 1 unspecified atom stereocenters. The summed E-state index contributed by atoms with van der Waals surface area (Å²) in [7, 11) is -10.3. The van der Waals surface area contributed by atoms with E-state index in [1.165, 1.54) is 0 Å². The first-order chi connectivity index (χ1) is 7.16. The predicted octanol–water partition coefficient (Wildman–Crippen LogP) is 1.73. The summed E-state index contributed by atoms with van der Waals surface area (Å²) < 4.78 is 62.2. The normalized spacial score (nSPS) is 15.2. The SMILES string of the molecule is O=P(O)(F)Oc1ccc(OS(=O)(=O)F)cc1. The molecule has 1 N–H and O–H groups in total. The number of hydrogen-bond acceptors (Lipinski definition) is 5. The molecule has 0 radical (unpaired) electrons. The highest BCUT2D eigenvalue weighted by atomic mass is 32.3. The second-order valence-electron chi connectivity index (χ2n) is 2.49. The summed E-state index contributed by atoms with van der Waals surface area (Å²) in [4.78, 5) is 8.21. The van der Waals surface area contributed by atoms with Crippen molar-refractivity contribution in [3.05, 3.63) is 24.3 Å². The molecule has 0 aliphatic carbocycles. The zero-order valence-corrected chi connectivity index (χ0v) is 9.12. The molecule has 0 saturated carbocycles. The molecule has 1 aromatic rings. The molecule has 10 heteroatoms. The van der Waals surface area contributed by atoms with Gasteiger partial charge in [-0.25, -0.2) is 4.57 Å². The molecule has 16 heavy (non-hydrogen) atoms. The van der Waals surface area contributed by atoms with Crippen molar-refractivity contribution in [1.29, 1.82) is 0 Å². The van der Waals surface area contributed by atoms with Crippen molar-refractivity contribution < 1.29 is 34.7 Å². The molecule has 1 rings (SSSR count). The van der Waals surface area contributed by atoms with Gasteiger partial charge >= 0.3 is 18.4 Å². The topological polar surface area (TPSA) is 89.9 Å². The van der Waals surface area contributed by atoms with Gasteiger partial charge in [-0.3, -0.25) is 4.89 Å². The average Bonchev–Trinajstić information content (AvgIpc) is 2.03. The fraction of sp³-hybridized carbons (Fsp3) is 0. The van der Waals surface area contributed by atoms with Gasteiger partial charge < -0.3 is 8.71 Å². The maximum absolute atomic E-state index is 12.1. The zero-order chi connectivity index (χ0) is 12.4. The Morgan fingerprint density at radius 3 is 2.00 bits per heavy atom. The molecule has 1 aromatic carbocycles. The van der Waals surface area contributed by atoms with E-state index < -0.39 is 18.4 Å². The van der Waals surface area contributed by atoms with Crippen LogP contribution in [-0.4, -0.2) is 13.3 Å². The molecule has 0 fully saturated rings. The Balaban J connectivity index is 2.80. The average molecular weight is 274 g/mol. The van der Waals surface area contributed by atoms with Gasteiger partial charge in [0.05, 0.1) is 0 Å². The molecule has 0 saturated heterocycles. The largest absolute Gasteiger partial charge is 0.567 e. The minimum Gasteiger partial charge on any atom is -0.401 e. The lowest BCUT2D eigenvalue weighted by Gasteiger charge is -2.05. The highest BCUT2D eigenvalue weighted by Gasteiger charge is 2.19. The fourth-order valence-corrected chi connectivity index (χ4v) is 1.52. The van der Waals surface area contributed by atoms with Crippen LogP contribution >= 0.6 is 7.91 Å². The monoisotopic (exact) mass is 274 g/mol. The van der Waals surface area contributed by atoms with Crippen LogP contribution in [0.5, 0.6) is 11.5 Å². The van der Waals surface area contributed by atoms with Crippen LogP contribution in [0.4, 0.5) is 8.08 Å². The van der Waals surface area contributed by atoms with Crippen molar-refractivity contribution in [2.75, 3.05) is 0 Å². The number of hydrogen-bond donors (Lipinski definition) is 1. The van der Waals surface area contributed by atoms with Gasteiger partial charge in [0.1, 0.15) is 11.5 Å². The number of halogens is 2. The van der Waals surface area contributed by atoms with Gasteiger partial charge in [0.25, 0.3) is 0 Å². The van der Waals surface area contributed by atoms with E-state index in [-0.39, 0.29) is 11.5 Å². The number of rotatable bonds is 4. The van der Waals surface area contributed by atoms with E-state index in [1.54, 1.807) is 0 Å². The van der Waals surface area contributed by atoms with Crippen LogP contribution in [0.3, 0.4) is 0 Å². The lowest BCUT2D eigenvalue weighted by atomic mass is 10.3. The van der Waals surface area contributed by atoms with Gasteiger partial charge in [-0.2, -0.15) is 8.42 Å². The Morgan fingerprint density at radius 2 is 1.62 bits per heavy atom. The van der Waals surface area contributed by atoms with Gasteiger partial charge in [0.2, 0.25) is 0 Å². The molecular formula is C6H5F2O6PS. The summed E-state index contributed by atoms with van der Waals surface area (Å²) in [5.41, 5.74) is 0. The number of benzene rings is 1. The lowest BCUT2D eigenvalue weighted by Crippen LogP contribution is -2.00. The summed E-state index contributed by atoms with van der Waals surface area (Å²) in [5, 5.41) is 0. The van der Waals surface area contributed by atoms with E-state index in [9.17, 15) is 21.1 Å². The molecular weight excluding hydrogens is 269 g/mol. The first-order valence-electron chi connectivity index (χ1n) is 3.62. The molecule has 6 nitrogen and oxygen atoms in total. The first-order valence-corrected chi connectivity index (χ1v) is 6.40. The van der Waals surface area contributed by atoms with Gasteiger partial charge in [0.15, 0.2) is 0 Å². The fourth-order valence-electron chi connectivity index (χ4n) is 0.801. The van der Waals surface area contributed by atoms with Crippen molar-refractivity contribution in [3.63, 3.8) is 0 Å². The Bertz CT molecular complexity index is 506. The summed E-state index contributed by atoms with van der Waals surface area (Å²) in [6, 6.07) is 3.70. The Labute approximate surface area is 89.5 Å². The molecule has 0 spiro atoms. The maximum atomic E-state index is 12.1. The van der Waals surface area contributed by atoms with Crippen LogP contribution in [0.25, 0.3) is 0 Å². The van der Waals surface area contributed by atoms with E-state index in [2.05, 4.69) is 8.71 Å². The highest BCUT2D eigenvalue weighted by Crippen LogP contribution is 2.44. The predicted molar refractivity (Wildman–Crippen MR) is 48.7 cm³/mol. The van der Waals surface area contributed by atoms with Crippen LogP contribution in [0.15, 0.2) is 24.3 Å². The van der Waals surface area contributed by atoms with Gasteiger partial charge in [-0.15, -0.1) is 4.20 Å². The van der Waals surface area contributed by atoms with E-state index >= 15 is 0 Å². The molecule has 1 atom stereocenters. The van der Waals surface area contributed by atoms with Crippen LogP contribution in [0.1, 0.15) is 0 Å². The van der Waals surface area contributed by atoms with Gasteiger partial charge in [-0.05, 0) is 24.3 Å². The first kappa shape index (κ1) is 12.9. The summed E-state index contributed by atoms with van der Waals surface area (Å²) in [6.45, 7) is 0. The van der Waals surface area contributed by atoms with Crippen LogP contribution in [0, 0.1) is 0 Å². The minimum absolute atomic E-state index is 0.336. The minimum atomic E-state index is -5.18. The second-order valence-corrected chi connectivity index (χ2v) is 4.53.